The molecule has 20 atom stereocenters. The van der Waals surface area contributed by atoms with Gasteiger partial charge in [-0.15, -0.1) is 0 Å². The number of aliphatic hydroxyl groups is 1. The van der Waals surface area contributed by atoms with E-state index < -0.39 is 227 Å². The predicted octanol–water partition coefficient (Wildman–Crippen LogP) is 14.5. The van der Waals surface area contributed by atoms with Gasteiger partial charge in [0.2, 0.25) is 0 Å². The van der Waals surface area contributed by atoms with Gasteiger partial charge in [-0.2, -0.15) is 0 Å². The highest BCUT2D eigenvalue weighted by Gasteiger charge is 2.61. The molecule has 13 aromatic rings. The fraction of sp³-hybridized carbons (Fsp3) is 0.209. The molecule has 0 amide bonds. The lowest BCUT2D eigenvalue weighted by Crippen LogP contribution is -2.66. The quantitative estimate of drug-likeness (QED) is 0.0281. The van der Waals surface area contributed by atoms with Crippen molar-refractivity contribution in [1.29, 1.82) is 0 Å². The summed E-state index contributed by atoms with van der Waals surface area (Å²) in [5.74, 6) is -14.6. The lowest BCUT2D eigenvalue weighted by molar-refractivity contribution is -0.343. The molecule has 17 rings (SSSR count). The van der Waals surface area contributed by atoms with Crippen molar-refractivity contribution in [2.45, 2.75) is 123 Å². The van der Waals surface area contributed by atoms with E-state index in [2.05, 4.69) is 0 Å². The van der Waals surface area contributed by atoms with Crippen LogP contribution in [0.1, 0.15) is 135 Å². The van der Waals surface area contributed by atoms with E-state index in [9.17, 15) is 29.1 Å². The Morgan fingerprint density at radius 1 is 0.161 bits per heavy atom. The fourth-order valence-electron chi connectivity index (χ4n) is 16.7. The zero-order chi connectivity index (χ0) is 103. The monoisotopic (exact) mass is 2020 g/mol. The molecule has 1 N–H and O–H groups in total. The van der Waals surface area contributed by atoms with Gasteiger partial charge in [0.25, 0.3) is 0 Å². The first-order chi connectivity index (χ1) is 72.7. The van der Waals surface area contributed by atoms with Gasteiger partial charge >= 0.3 is 77.6 Å². The molecule has 1 unspecified atom stereocenters. The molecule has 34 heteroatoms. The lowest BCUT2D eigenvalue weighted by Gasteiger charge is -2.47. The van der Waals surface area contributed by atoms with Crippen molar-refractivity contribution in [2.75, 3.05) is 26.4 Å². The number of carbonyl (C=O) groups excluding carboxylic acids is 13. The molecule has 13 aromatic carbocycles. The Hall–Kier alpha value is -17.4. The molecular weight excluding hydrogens is 1930 g/mol. The van der Waals surface area contributed by atoms with Crippen molar-refractivity contribution in [3.63, 3.8) is 0 Å². The minimum absolute atomic E-state index is 0.0332. The van der Waals surface area contributed by atoms with Crippen LogP contribution in [0.25, 0.3) is 0 Å². The highest BCUT2D eigenvalue weighted by atomic mass is 16.8. The normalized spacial score (nSPS) is 23.2. The Kier molecular flexibility index (Phi) is 34.6. The van der Waals surface area contributed by atoms with Gasteiger partial charge in [0.05, 0.1) is 92.1 Å². The maximum absolute atomic E-state index is 15.5. The zero-order valence-electron chi connectivity index (χ0n) is 78.8. The largest absolute Gasteiger partial charge is 0.459 e. The van der Waals surface area contributed by atoms with Gasteiger partial charge in [0.1, 0.15) is 31.0 Å². The molecule has 4 heterocycles. The maximum atomic E-state index is 15.5. The van der Waals surface area contributed by atoms with E-state index in [-0.39, 0.29) is 72.3 Å². The number of benzene rings is 13. The van der Waals surface area contributed by atoms with Crippen LogP contribution < -0.4 is 0 Å². The van der Waals surface area contributed by atoms with Crippen LogP contribution in [0.5, 0.6) is 0 Å². The van der Waals surface area contributed by atoms with Gasteiger partial charge in [0, 0.05) is 0 Å². The fourth-order valence-corrected chi connectivity index (χ4v) is 16.7. The number of rotatable bonds is 36. The summed E-state index contributed by atoms with van der Waals surface area (Å²) in [7, 11) is 0. The van der Waals surface area contributed by atoms with E-state index in [0.29, 0.717) is 0 Å². The van der Waals surface area contributed by atoms with Crippen molar-refractivity contribution in [2.24, 2.45) is 0 Å². The molecule has 0 aliphatic carbocycles. The molecule has 4 aliphatic rings. The van der Waals surface area contributed by atoms with E-state index in [1.807, 2.05) is 0 Å². The summed E-state index contributed by atoms with van der Waals surface area (Å²) >= 11 is 0. The van der Waals surface area contributed by atoms with E-state index in [1.54, 1.807) is 91.0 Å². The first-order valence-electron chi connectivity index (χ1n) is 47.2. The van der Waals surface area contributed by atoms with Crippen LogP contribution in [0.4, 0.5) is 0 Å². The molecule has 0 saturated carbocycles. The van der Waals surface area contributed by atoms with Crippen LogP contribution in [0.2, 0.25) is 0 Å². The molecule has 4 saturated heterocycles. The Morgan fingerprint density at radius 3 is 0.477 bits per heavy atom. The van der Waals surface area contributed by atoms with Gasteiger partial charge in [-0.25, -0.2) is 62.3 Å². The third kappa shape index (κ3) is 26.3. The maximum Gasteiger partial charge on any atom is 0.338 e. The molecular formula is C115H94O34. The summed E-state index contributed by atoms with van der Waals surface area (Å²) in [6, 6.07) is 96.3. The average Bonchev–Trinajstić information content (AvgIpc) is 0.766. The van der Waals surface area contributed by atoms with E-state index in [1.165, 1.54) is 303 Å². The first-order valence-corrected chi connectivity index (χ1v) is 47.2. The van der Waals surface area contributed by atoms with Crippen molar-refractivity contribution in [1.82, 2.24) is 0 Å². The second-order valence-corrected chi connectivity index (χ2v) is 34.0. The first kappa shape index (κ1) is 103. The minimum Gasteiger partial charge on any atom is -0.459 e. The SMILES string of the molecule is O=C(OC[C@H]1O[C@@H](OC[C@H]2O[C@@H](OC[C@H]3O[C@@H](OC[C@H]4OC(O)[C@H](OC(=O)c5ccccc5)[C@@H](OC(=O)c5ccccc5)[C@@H]4OC(=O)c4ccccc4)[C@H](OC(=O)c4ccccc4)[C@@H](OC(=O)c4ccccc4)[C@@H]3OC(=O)c3ccccc3)[C@H](OC(=O)c3ccccc3)[C@@H](OC(=O)c3ccccc3)[C@@H]2OC(=O)c2ccccc2)[C@H](OC(=O)c2ccccc2)[C@@H](OC(=O)c2ccccc2)[C@@H]1OC(=O)c1ccccc1)c1ccccc1. The molecule has 34 nitrogen and oxygen atoms in total. The van der Waals surface area contributed by atoms with Crippen LogP contribution in [0.15, 0.2) is 394 Å². The number of carbonyl (C=O) groups is 13. The van der Waals surface area contributed by atoms with Gasteiger partial charge in [0.15, 0.2) is 98.4 Å². The molecule has 149 heavy (non-hydrogen) atoms. The Balaban J connectivity index is 0.814. The lowest BCUT2D eigenvalue weighted by atomic mass is 9.96. The number of hydrogen-bond acceptors (Lipinski definition) is 34. The van der Waals surface area contributed by atoms with Crippen molar-refractivity contribution in [3.8, 4) is 0 Å². The van der Waals surface area contributed by atoms with Crippen LogP contribution in [0, 0.1) is 0 Å². The smallest absolute Gasteiger partial charge is 0.338 e. The van der Waals surface area contributed by atoms with E-state index >= 15 is 38.4 Å². The third-order valence-electron chi connectivity index (χ3n) is 24.1. The summed E-state index contributed by atoms with van der Waals surface area (Å²) < 4.78 is 132. The van der Waals surface area contributed by atoms with Crippen LogP contribution >= 0.6 is 0 Å². The summed E-state index contributed by atoms with van der Waals surface area (Å²) in [5.41, 5.74) is -1.33. The van der Waals surface area contributed by atoms with Gasteiger partial charge in [-0.1, -0.05) is 237 Å². The Labute approximate surface area is 851 Å². The minimum atomic E-state index is -2.36. The summed E-state index contributed by atoms with van der Waals surface area (Å²) in [4.78, 5) is 196. The topological polar surface area (TPSA) is 427 Å². The predicted molar refractivity (Wildman–Crippen MR) is 519 cm³/mol. The average molecular weight is 2020 g/mol. The number of aliphatic hydroxyl groups excluding tert-OH is 1. The molecule has 758 valence electrons. The van der Waals surface area contributed by atoms with Gasteiger partial charge in [-0.05, 0) is 158 Å². The molecule has 4 fully saturated rings. The summed E-state index contributed by atoms with van der Waals surface area (Å²) in [6.07, 6.45) is -42.8. The number of hydrogen-bond donors (Lipinski definition) is 1. The standard InChI is InChI=1S/C115H94O34/c116-99(70-40-14-1-15-41-70)130-66-84-88(139-101(118)72-44-18-3-19-45-72)92(143-105(122)76-52-26-7-27-53-76)96(147-109(126)80-60-34-11-35-61-80)114(135-84)132-68-86-90(141-103(120)74-48-22-5-23-49-74)94(145-107(124)78-56-30-9-31-57-78)98(149-111(128)82-64-38-13-39-65-82)115(137-86)133-69-85-89(140-102(119)73-46-20-4-21-47-73)93(144-106(123)77-54-28-8-29-55-77)97(148-110(127)81-62-36-12-37-63-81)113(136-85)131-67-83-87(138-100(117)71-42-16-2-17-43-71)91(142-104(121)75-50-24-6-25-51-75)95(112(129)134-83)146-108(125)79-58-32-10-33-59-79/h1-65,83-98,112-115,129H,66-69H2/t83-,84-,85-,86-,87-,88-,89-,90-,91+,92+,93+,94+,95-,96-,97-,98-,112?,113-,114-,115-/m1/s1. The molecule has 0 bridgehead atoms. The molecule has 0 spiro atoms. The van der Waals surface area contributed by atoms with Crippen molar-refractivity contribution >= 4 is 77.6 Å². The van der Waals surface area contributed by atoms with Gasteiger partial charge < -0.3 is 99.8 Å². The second-order valence-electron chi connectivity index (χ2n) is 34.0. The van der Waals surface area contributed by atoms with Gasteiger partial charge in [-0.3, -0.25) is 0 Å². The third-order valence-corrected chi connectivity index (χ3v) is 24.1. The second kappa shape index (κ2) is 50.0. The molecule has 4 aliphatic heterocycles. The van der Waals surface area contributed by atoms with Crippen molar-refractivity contribution in [3.05, 3.63) is 467 Å². The van der Waals surface area contributed by atoms with Crippen LogP contribution in [-0.2, 0) is 94.7 Å². The Morgan fingerprint density at radius 2 is 0.295 bits per heavy atom. The van der Waals surface area contributed by atoms with Crippen LogP contribution in [-0.4, -0.2) is 232 Å². The Bertz CT molecular complexity index is 6720. The number of esters is 13. The molecule has 0 aromatic heterocycles. The number of ether oxygens (including phenoxy) is 20. The summed E-state index contributed by atoms with van der Waals surface area (Å²) in [6.45, 7) is -4.21. The van der Waals surface area contributed by atoms with Crippen LogP contribution in [0.3, 0.4) is 0 Å². The summed E-state index contributed by atoms with van der Waals surface area (Å²) in [5, 5.41) is 12.5. The van der Waals surface area contributed by atoms with E-state index in [0.717, 1.165) is 0 Å². The highest BCUT2D eigenvalue weighted by molar-refractivity contribution is 5.96. The highest BCUT2D eigenvalue weighted by Crippen LogP contribution is 2.40. The van der Waals surface area contributed by atoms with E-state index in [4.69, 9.17) is 94.7 Å². The van der Waals surface area contributed by atoms with Crippen molar-refractivity contribution < 1.29 is 162 Å². The zero-order valence-corrected chi connectivity index (χ0v) is 78.8. The molecule has 0 radical (unpaired) electrons.